The van der Waals surface area contributed by atoms with Crippen LogP contribution < -0.4 is 0 Å². The van der Waals surface area contributed by atoms with Gasteiger partial charge >= 0.3 is 0 Å². The summed E-state index contributed by atoms with van der Waals surface area (Å²) in [4.78, 5) is 2.81. The van der Waals surface area contributed by atoms with Crippen LogP contribution in [0, 0.1) is 29.6 Å². The van der Waals surface area contributed by atoms with Crippen molar-refractivity contribution < 1.29 is 13.2 Å². The molecule has 0 saturated heterocycles. The second kappa shape index (κ2) is 6.25. The van der Waals surface area contributed by atoms with Crippen LogP contribution in [0.4, 0.5) is 13.2 Å². The lowest BCUT2D eigenvalue weighted by atomic mass is 10.1. The fourth-order valence-electron chi connectivity index (χ4n) is 1.72. The Morgan fingerprint density at radius 2 is 1.70 bits per heavy atom. The Morgan fingerprint density at radius 3 is 2.35 bits per heavy atom. The number of halogens is 3. The molecule has 0 N–H and O–H groups in total. The van der Waals surface area contributed by atoms with E-state index in [0.29, 0.717) is 11.6 Å². The molecular formula is C16H12F3N. The van der Waals surface area contributed by atoms with Gasteiger partial charge in [-0.2, -0.15) is 13.8 Å². The van der Waals surface area contributed by atoms with Crippen molar-refractivity contribution in [1.29, 1.82) is 0 Å². The molecule has 4 heteroatoms. The van der Waals surface area contributed by atoms with Gasteiger partial charge in [0.25, 0.3) is 5.95 Å². The molecule has 0 radical (unpaired) electrons. The Labute approximate surface area is 115 Å². The Morgan fingerprint density at radius 1 is 1.00 bits per heavy atom. The number of aromatic nitrogens is 1. The minimum atomic E-state index is -1.46. The lowest BCUT2D eigenvalue weighted by Gasteiger charge is -1.98. The molecule has 2 aromatic rings. The Kier molecular flexibility index (Phi) is 4.41. The molecule has 0 bridgehead atoms. The van der Waals surface area contributed by atoms with E-state index in [1.807, 2.05) is 24.3 Å². The molecule has 0 amide bonds. The molecule has 1 aromatic carbocycles. The lowest BCUT2D eigenvalue weighted by molar-refractivity contribution is 0.446. The average Bonchev–Trinajstić information content (AvgIpc) is 2.43. The summed E-state index contributed by atoms with van der Waals surface area (Å²) in [5.74, 6) is 1.37. The fraction of sp³-hybridized carbons (Fsp3) is 0.188. The second-order valence-electron chi connectivity index (χ2n) is 4.30. The minimum absolute atomic E-state index is 0.262. The zero-order chi connectivity index (χ0) is 14.5. The summed E-state index contributed by atoms with van der Waals surface area (Å²) in [6.07, 6.45) is 2.03. The van der Waals surface area contributed by atoms with Crippen LogP contribution in [0.2, 0.25) is 0 Å². The van der Waals surface area contributed by atoms with Crippen LogP contribution >= 0.6 is 0 Å². The molecule has 1 heterocycles. The summed E-state index contributed by atoms with van der Waals surface area (Å²) < 4.78 is 38.9. The third-order valence-electron chi connectivity index (χ3n) is 2.72. The third kappa shape index (κ3) is 3.39. The van der Waals surface area contributed by atoms with Gasteiger partial charge in [0.1, 0.15) is 0 Å². The molecule has 20 heavy (non-hydrogen) atoms. The normalized spacial score (nSPS) is 10.0. The van der Waals surface area contributed by atoms with Gasteiger partial charge in [0.2, 0.25) is 5.95 Å². The number of benzene rings is 1. The van der Waals surface area contributed by atoms with Crippen molar-refractivity contribution >= 4 is 0 Å². The predicted molar refractivity (Wildman–Crippen MR) is 70.5 cm³/mol. The van der Waals surface area contributed by atoms with Gasteiger partial charge in [-0.1, -0.05) is 37.3 Å². The zero-order valence-electron chi connectivity index (χ0n) is 10.9. The van der Waals surface area contributed by atoms with Gasteiger partial charge in [-0.25, -0.2) is 4.39 Å². The number of nitrogens with zero attached hydrogens (tertiary/aromatic N) is 1. The zero-order valence-corrected chi connectivity index (χ0v) is 10.9. The molecule has 0 unspecified atom stereocenters. The van der Waals surface area contributed by atoms with Crippen molar-refractivity contribution in [2.75, 3.05) is 0 Å². The monoisotopic (exact) mass is 275 g/mol. The quantitative estimate of drug-likeness (QED) is 0.599. The van der Waals surface area contributed by atoms with Gasteiger partial charge in [0.05, 0.1) is 5.56 Å². The molecule has 102 valence electrons. The molecule has 1 nitrogen and oxygen atoms in total. The molecule has 0 spiro atoms. The van der Waals surface area contributed by atoms with Crippen LogP contribution in [0.25, 0.3) is 0 Å². The van der Waals surface area contributed by atoms with Crippen molar-refractivity contribution in [3.8, 4) is 11.8 Å². The number of rotatable bonds is 2. The van der Waals surface area contributed by atoms with E-state index in [4.69, 9.17) is 0 Å². The SMILES string of the molecule is CCCc1ccc(C#Cc2cc(F)c(F)nc2F)cc1. The molecule has 0 aliphatic carbocycles. The maximum absolute atomic E-state index is 13.3. The van der Waals surface area contributed by atoms with Crippen molar-refractivity contribution in [1.82, 2.24) is 4.98 Å². The highest BCUT2D eigenvalue weighted by atomic mass is 19.2. The average molecular weight is 275 g/mol. The highest BCUT2D eigenvalue weighted by Gasteiger charge is 2.09. The molecular weight excluding hydrogens is 263 g/mol. The first kappa shape index (κ1) is 14.1. The van der Waals surface area contributed by atoms with Crippen LogP contribution in [0.15, 0.2) is 30.3 Å². The van der Waals surface area contributed by atoms with Gasteiger partial charge in [0, 0.05) is 5.56 Å². The van der Waals surface area contributed by atoms with Crippen molar-refractivity contribution in [3.05, 3.63) is 64.7 Å². The number of aryl methyl sites for hydroxylation is 1. The van der Waals surface area contributed by atoms with Gasteiger partial charge in [-0.3, -0.25) is 0 Å². The summed E-state index contributed by atoms with van der Waals surface area (Å²) in [6.45, 7) is 2.09. The van der Waals surface area contributed by atoms with Crippen molar-refractivity contribution in [2.24, 2.45) is 0 Å². The first-order chi connectivity index (χ1) is 9.60. The molecule has 0 saturated carbocycles. The van der Waals surface area contributed by atoms with Gasteiger partial charge in [-0.15, -0.1) is 0 Å². The van der Waals surface area contributed by atoms with E-state index in [1.54, 1.807) is 0 Å². The van der Waals surface area contributed by atoms with Crippen LogP contribution in [0.3, 0.4) is 0 Å². The Bertz CT molecular complexity index is 667. The smallest absolute Gasteiger partial charge is 0.202 e. The Hall–Kier alpha value is -2.28. The van der Waals surface area contributed by atoms with E-state index in [-0.39, 0.29) is 5.56 Å². The van der Waals surface area contributed by atoms with Gasteiger partial charge < -0.3 is 0 Å². The fourth-order valence-corrected chi connectivity index (χ4v) is 1.72. The van der Waals surface area contributed by atoms with E-state index in [0.717, 1.165) is 12.8 Å². The highest BCUT2D eigenvalue weighted by molar-refractivity contribution is 5.43. The second-order valence-corrected chi connectivity index (χ2v) is 4.30. The van der Waals surface area contributed by atoms with Crippen molar-refractivity contribution in [3.63, 3.8) is 0 Å². The minimum Gasteiger partial charge on any atom is -0.202 e. The molecule has 2 rings (SSSR count). The van der Waals surface area contributed by atoms with Gasteiger partial charge in [0.15, 0.2) is 5.82 Å². The molecule has 1 aromatic heterocycles. The number of pyridine rings is 1. The summed E-state index contributed by atoms with van der Waals surface area (Å²) in [7, 11) is 0. The van der Waals surface area contributed by atoms with Crippen LogP contribution in [0.5, 0.6) is 0 Å². The van der Waals surface area contributed by atoms with Crippen molar-refractivity contribution in [2.45, 2.75) is 19.8 Å². The predicted octanol–water partition coefficient (Wildman–Crippen LogP) is 3.85. The van der Waals surface area contributed by atoms with E-state index >= 15 is 0 Å². The van der Waals surface area contributed by atoms with Crippen LogP contribution in [-0.2, 0) is 6.42 Å². The molecule has 0 fully saturated rings. The number of hydrogen-bond acceptors (Lipinski definition) is 1. The summed E-state index contributed by atoms with van der Waals surface area (Å²) in [5.41, 5.74) is 1.61. The van der Waals surface area contributed by atoms with Gasteiger partial charge in [-0.05, 0) is 30.2 Å². The van der Waals surface area contributed by atoms with E-state index in [2.05, 4.69) is 23.7 Å². The Balaban J connectivity index is 2.24. The number of hydrogen-bond donors (Lipinski definition) is 0. The summed E-state index contributed by atoms with van der Waals surface area (Å²) >= 11 is 0. The van der Waals surface area contributed by atoms with Crippen LogP contribution in [-0.4, -0.2) is 4.98 Å². The maximum Gasteiger partial charge on any atom is 0.251 e. The standard InChI is InChI=1S/C16H12F3N/c1-2-3-11-4-6-12(7-5-11)8-9-13-10-14(17)16(19)20-15(13)18/h4-7,10H,2-3H2,1H3. The third-order valence-corrected chi connectivity index (χ3v) is 2.72. The van der Waals surface area contributed by atoms with Crippen LogP contribution in [0.1, 0.15) is 30.0 Å². The first-order valence-electron chi connectivity index (χ1n) is 6.22. The lowest BCUT2D eigenvalue weighted by Crippen LogP contribution is -1.97. The molecule has 0 aliphatic rings. The van der Waals surface area contributed by atoms with E-state index in [9.17, 15) is 13.2 Å². The maximum atomic E-state index is 13.3. The summed E-state index contributed by atoms with van der Waals surface area (Å²) in [5, 5.41) is 0. The highest BCUT2D eigenvalue weighted by Crippen LogP contribution is 2.10. The molecule has 0 aliphatic heterocycles. The summed E-state index contributed by atoms with van der Waals surface area (Å²) in [6, 6.07) is 8.20. The van der Waals surface area contributed by atoms with E-state index in [1.165, 1.54) is 5.56 Å². The largest absolute Gasteiger partial charge is 0.251 e. The van der Waals surface area contributed by atoms with E-state index < -0.39 is 17.7 Å². The topological polar surface area (TPSA) is 12.9 Å². The first-order valence-corrected chi connectivity index (χ1v) is 6.22. The molecule has 0 atom stereocenters.